The molecule has 0 spiro atoms. The van der Waals surface area contributed by atoms with E-state index in [2.05, 4.69) is 53.1 Å². The molecule has 4 bridgehead atoms. The number of carbonyl (C=O) groups excluding carboxylic acids is 9. The number of likely N-dealkylation sites (N-methyl/N-ethyl adjacent to an activating group) is 1. The van der Waals surface area contributed by atoms with Gasteiger partial charge in [0.2, 0.25) is 17.7 Å². The zero-order valence-corrected chi connectivity index (χ0v) is 56.9. The van der Waals surface area contributed by atoms with Gasteiger partial charge in [-0.3, -0.25) is 39.1 Å². The molecule has 3 aliphatic rings. The fourth-order valence-electron chi connectivity index (χ4n) is 11.4. The number of methoxy groups -OCH3 is 1. The first-order chi connectivity index (χ1) is 42.5. The van der Waals surface area contributed by atoms with Crippen molar-refractivity contribution in [3.63, 3.8) is 0 Å². The number of aliphatic hydroxyl groups is 1. The van der Waals surface area contributed by atoms with Crippen molar-refractivity contribution >= 4 is 113 Å². The summed E-state index contributed by atoms with van der Waals surface area (Å²) in [5, 5.41) is 24.8. The summed E-state index contributed by atoms with van der Waals surface area (Å²) in [4.78, 5) is 129. The Bertz CT molecular complexity index is 3200. The van der Waals surface area contributed by atoms with Crippen molar-refractivity contribution in [3.05, 3.63) is 93.7 Å². The molecule has 2 fully saturated rings. The van der Waals surface area contributed by atoms with Crippen LogP contribution in [0.25, 0.3) is 10.9 Å². The summed E-state index contributed by atoms with van der Waals surface area (Å²) in [5.74, 6) is -4.51. The topological polar surface area (TPSA) is 308 Å². The number of amides is 7. The van der Waals surface area contributed by atoms with Crippen LogP contribution in [0, 0.1) is 30.6 Å². The molecular weight excluding hydrogens is 1310 g/mol. The van der Waals surface area contributed by atoms with Crippen LogP contribution >= 0.6 is 43.5 Å². The van der Waals surface area contributed by atoms with Crippen LogP contribution in [-0.4, -0.2) is 161 Å². The summed E-state index contributed by atoms with van der Waals surface area (Å²) >= 11 is 13.6. The van der Waals surface area contributed by atoms with Gasteiger partial charge in [0.15, 0.2) is 11.5 Å². The van der Waals surface area contributed by atoms with E-state index in [0.717, 1.165) is 16.7 Å². The molecule has 1 aromatic heterocycles. The SMILES string of the molecule is CO[C@@H]1/C=C/C=C(\C)Cc2cc(C)c(Cl)c(c2)N(C)C(=O)C[C@H](OC(=O)[C@H](C)N(C)C(=O)c2ccc3nc(CC(=O)[C@H](CCCNC(N)=O)NC(=O)[C@@H](CC(=O)CCCCCNC(=O)C(CBr)CBr)C(C)C)ccc3c2)[C@]2(C)O[C@H]2[C@H](C)[C@@H]2C[C@@]1(O)NC(=O)O2. The zero-order valence-electron chi connectivity index (χ0n) is 53.0. The lowest BCUT2D eigenvalue weighted by atomic mass is 9.83. The number of carbonyl (C=O) groups is 9. The Kier molecular flexibility index (Phi) is 26.5. The second-order valence-electron chi connectivity index (χ2n) is 24.5. The number of allylic oxidation sites excluding steroid dienone is 3. The number of hydrogen-bond donors (Lipinski definition) is 6. The number of ketones is 2. The highest BCUT2D eigenvalue weighted by molar-refractivity contribution is 9.09. The number of esters is 1. The summed E-state index contributed by atoms with van der Waals surface area (Å²) in [6, 6.07) is 8.92. The number of benzene rings is 2. The Morgan fingerprint density at radius 3 is 2.37 bits per heavy atom. The number of pyridine rings is 1. The van der Waals surface area contributed by atoms with Gasteiger partial charge in [-0.1, -0.05) is 107 Å². The average molecular weight is 1400 g/mol. The molecule has 0 radical (unpaired) electrons. The van der Waals surface area contributed by atoms with E-state index in [1.807, 2.05) is 45.9 Å². The maximum absolute atomic E-state index is 14.5. The van der Waals surface area contributed by atoms with Gasteiger partial charge in [0.1, 0.15) is 35.7 Å². The number of anilines is 1. The minimum Gasteiger partial charge on any atom is -0.457 e. The van der Waals surface area contributed by atoms with Crippen molar-refractivity contribution in [2.24, 2.45) is 29.4 Å². The minimum atomic E-state index is -1.89. The zero-order chi connectivity index (χ0) is 66.4. The number of aryl methyl sites for hydroxylation is 1. The first-order valence-electron chi connectivity index (χ1n) is 30.5. The summed E-state index contributed by atoms with van der Waals surface area (Å²) < 4.78 is 24.1. The predicted octanol–water partition coefficient (Wildman–Crippen LogP) is 8.04. The van der Waals surface area contributed by atoms with Crippen LogP contribution in [0.15, 0.2) is 66.3 Å². The van der Waals surface area contributed by atoms with E-state index in [0.29, 0.717) is 76.6 Å². The first kappa shape index (κ1) is 72.7. The Morgan fingerprint density at radius 1 is 0.978 bits per heavy atom. The number of primary amides is 1. The number of alkyl halides is 2. The summed E-state index contributed by atoms with van der Waals surface area (Å²) in [7, 11) is 4.45. The lowest BCUT2D eigenvalue weighted by molar-refractivity contribution is -0.158. The van der Waals surface area contributed by atoms with Crippen LogP contribution in [0.5, 0.6) is 0 Å². The van der Waals surface area contributed by atoms with Crippen molar-refractivity contribution < 1.29 is 67.2 Å². The summed E-state index contributed by atoms with van der Waals surface area (Å²) in [6.45, 7) is 13.1. The number of alkyl carbamates (subject to hydrolysis) is 1. The number of rotatable bonds is 26. The fourth-order valence-corrected chi connectivity index (χ4v) is 13.3. The molecule has 22 nitrogen and oxygen atoms in total. The molecule has 0 unspecified atom stereocenters. The molecule has 90 heavy (non-hydrogen) atoms. The number of halogens is 3. The number of nitrogens with one attached hydrogen (secondary N) is 4. The smallest absolute Gasteiger partial charge is 0.409 e. The third-order valence-corrected chi connectivity index (χ3v) is 19.3. The van der Waals surface area contributed by atoms with Crippen LogP contribution in [0.4, 0.5) is 15.3 Å². The third kappa shape index (κ3) is 19.1. The lowest BCUT2D eigenvalue weighted by Gasteiger charge is -2.42. The molecule has 7 amide bonds. The largest absolute Gasteiger partial charge is 0.457 e. The van der Waals surface area contributed by atoms with Gasteiger partial charge in [-0.2, -0.15) is 0 Å². The second-order valence-corrected chi connectivity index (χ2v) is 26.2. The van der Waals surface area contributed by atoms with Gasteiger partial charge in [-0.05, 0) is 107 Å². The van der Waals surface area contributed by atoms with Gasteiger partial charge in [0.25, 0.3) is 5.91 Å². The van der Waals surface area contributed by atoms with E-state index in [1.54, 1.807) is 63.4 Å². The molecule has 6 rings (SSSR count). The monoisotopic (exact) mass is 1400 g/mol. The minimum absolute atomic E-state index is 0.0117. The second kappa shape index (κ2) is 32.8. The number of ether oxygens (including phenoxy) is 4. The van der Waals surface area contributed by atoms with E-state index in [-0.39, 0.29) is 79.9 Å². The van der Waals surface area contributed by atoms with Crippen molar-refractivity contribution in [1.29, 1.82) is 0 Å². The van der Waals surface area contributed by atoms with E-state index in [1.165, 1.54) is 30.9 Å². The molecule has 25 heteroatoms. The highest BCUT2D eigenvalue weighted by Crippen LogP contribution is 2.49. The van der Waals surface area contributed by atoms with Gasteiger partial charge in [-0.25, -0.2) is 14.4 Å². The third-order valence-electron chi connectivity index (χ3n) is 17.2. The maximum Gasteiger partial charge on any atom is 0.409 e. The number of epoxide rings is 1. The van der Waals surface area contributed by atoms with E-state index < -0.39 is 95.5 Å². The molecule has 0 aliphatic carbocycles. The molecule has 3 aromatic rings. The number of nitrogens with zero attached hydrogens (tertiary/aromatic N) is 3. The van der Waals surface area contributed by atoms with Gasteiger partial charge < -0.3 is 55.5 Å². The number of urea groups is 1. The van der Waals surface area contributed by atoms with Crippen LogP contribution < -0.4 is 31.9 Å². The first-order valence-corrected chi connectivity index (χ1v) is 33.1. The fraction of sp³-hybridized carbons (Fsp3) is 0.569. The van der Waals surface area contributed by atoms with Gasteiger partial charge in [0.05, 0.1) is 47.1 Å². The van der Waals surface area contributed by atoms with Crippen molar-refractivity contribution in [2.45, 2.75) is 167 Å². The number of Topliss-reactive ketones (excluding diaryl/α,β-unsaturated/α-hetero) is 2. The number of unbranched alkanes of at least 4 members (excludes halogenated alkanes) is 2. The Balaban J connectivity index is 1.15. The van der Waals surface area contributed by atoms with Crippen LogP contribution in [-0.2, 0) is 60.6 Å². The van der Waals surface area contributed by atoms with Crippen LogP contribution in [0.2, 0.25) is 5.02 Å². The molecular formula is C65H87Br2ClN8O14. The molecule has 4 heterocycles. The van der Waals surface area contributed by atoms with Gasteiger partial charge >= 0.3 is 18.1 Å². The molecule has 2 aromatic carbocycles. The normalized spacial score (nSPS) is 23.8. The quantitative estimate of drug-likeness (QED) is 0.0192. The molecule has 10 atom stereocenters. The lowest BCUT2D eigenvalue weighted by Crippen LogP contribution is -2.63. The van der Waals surface area contributed by atoms with Crippen LogP contribution in [0.1, 0.15) is 127 Å². The van der Waals surface area contributed by atoms with Gasteiger partial charge in [0, 0.05) is 92.7 Å². The molecule has 7 N–H and O–H groups in total. The summed E-state index contributed by atoms with van der Waals surface area (Å²) in [5.41, 5.74) is 6.06. The maximum atomic E-state index is 14.5. The number of aromatic nitrogens is 1. The highest BCUT2D eigenvalue weighted by atomic mass is 79.9. The average Bonchev–Trinajstić information content (AvgIpc) is 1.57. The molecule has 0 saturated carbocycles. The Hall–Kier alpha value is -6.31. The predicted molar refractivity (Wildman–Crippen MR) is 348 cm³/mol. The van der Waals surface area contributed by atoms with E-state index >= 15 is 0 Å². The van der Waals surface area contributed by atoms with E-state index in [9.17, 15) is 48.3 Å². The van der Waals surface area contributed by atoms with Crippen molar-refractivity contribution in [3.8, 4) is 0 Å². The standard InChI is InChI=1S/C65H87Br2ClN8O14/c1-36(2)47(31-46(77)17-12-11-13-24-70-58(80)44(34-66)35-67)59(81)73-49(18-15-25-71-62(69)84)51(78)30-45-22-20-42-29-43(21-23-48(42)72-45)60(82)75(8)40(6)61(83)89-54-32-55(79)76(9)50-28-41(27-38(4)56(50)68)26-37(3)16-14-19-53(87-10)65(86)33-52(88-63(85)74-65)39(5)57-64(54,7)90-57/h14,16,19-23,27-29,36,39-40,44,47,49,52-54,57,86H,11-13,15,17-18,24-26,30-35H2,1-10H3,(H,70,80)(H,73,81)(H,74,85)(H3,69,71,84)/b19-14+,37-16+/t39-,40+,47+,49+,52+,53-,54+,57+,64+,65+/m1/s1. The molecule has 492 valence electrons. The Morgan fingerprint density at radius 2 is 1.69 bits per heavy atom. The number of hydrogen-bond acceptors (Lipinski definition) is 15. The van der Waals surface area contributed by atoms with Crippen molar-refractivity contribution in [1.82, 2.24) is 31.2 Å². The van der Waals surface area contributed by atoms with Crippen LogP contribution in [0.3, 0.4) is 0 Å². The number of fused-ring (bicyclic) bond motifs is 6. The molecule has 2 saturated heterocycles. The Labute approximate surface area is 548 Å². The van der Waals surface area contributed by atoms with E-state index in [4.69, 9.17) is 41.3 Å². The number of nitrogens with two attached hydrogens (primary N) is 1. The van der Waals surface area contributed by atoms with Crippen molar-refractivity contribution in [2.75, 3.05) is 49.9 Å². The highest BCUT2D eigenvalue weighted by Gasteiger charge is 2.64. The molecule has 3 aliphatic heterocycles. The summed E-state index contributed by atoms with van der Waals surface area (Å²) in [6.07, 6.45) is 3.01. The van der Waals surface area contributed by atoms with Gasteiger partial charge in [-0.15, -0.1) is 0 Å².